The van der Waals surface area contributed by atoms with Crippen molar-refractivity contribution in [3.05, 3.63) is 41.4 Å². The number of rotatable bonds is 9. The molecular weight excluding hydrogens is 819 g/mol. The average molecular weight is 870 g/mol. The van der Waals surface area contributed by atoms with E-state index >= 15 is 4.79 Å². The zero-order chi connectivity index (χ0) is 43.4. The first kappa shape index (κ1) is 44.2. The molecule has 0 unspecified atom stereocenters. The number of hydrogen-bond acceptors (Lipinski definition) is 9. The standard InChI is InChI=1S/C40H51ClF3N5O9S/c1-21(2)57-31-18-28-27(12-9-13-29(28)41)34(45-31)58-25-17-30-33(50)46-39(36(52)47-59(55,56)26-14-15-26)19-24(39)11-8-7-10-22(3)16-23(4)32(35(51)48(30)20-25)49(37(53)54)38(5,6)40(42,43)44/h8-9,11-13,18,21-26,30,32H,7,10,14-17,19-20H2,1-6H3,(H,46,50)(H,47,52)(H,53,54)/b11-8-/t22-,23-,24-,25-,30+,32+,39-/m1/s1. The first-order valence-corrected chi connectivity index (χ1v) is 21.8. The number of alkyl halides is 3. The summed E-state index contributed by atoms with van der Waals surface area (Å²) in [5.74, 6) is -4.50. The van der Waals surface area contributed by atoms with E-state index in [2.05, 4.69) is 15.0 Å². The van der Waals surface area contributed by atoms with Gasteiger partial charge in [-0.3, -0.25) is 24.0 Å². The number of aromatic nitrogens is 1. The molecule has 3 fully saturated rings. The molecule has 2 aliphatic heterocycles. The number of halogens is 4. The van der Waals surface area contributed by atoms with Gasteiger partial charge in [0.05, 0.1) is 17.9 Å². The van der Waals surface area contributed by atoms with Gasteiger partial charge in [-0.05, 0) is 90.2 Å². The Kier molecular flexibility index (Phi) is 12.2. The van der Waals surface area contributed by atoms with Crippen LogP contribution in [0.3, 0.4) is 0 Å². The summed E-state index contributed by atoms with van der Waals surface area (Å²) in [5, 5.41) is 13.8. The highest BCUT2D eigenvalue weighted by Crippen LogP contribution is 2.47. The molecule has 59 heavy (non-hydrogen) atoms. The fourth-order valence-electron chi connectivity index (χ4n) is 8.22. The van der Waals surface area contributed by atoms with Crippen molar-refractivity contribution in [3.8, 4) is 11.8 Å². The topological polar surface area (TPSA) is 185 Å². The SMILES string of the molecule is CC(C)Oc1cc2c(Cl)cccc2c(O[C@@H]2C[C@H]3C(=O)N[C@]4(C(=O)NS(=O)(=O)C5CC5)C[C@H]4/C=C\CC[C@@H](C)C[C@@H](C)[C@H](N(C(=O)O)C(C)(C)C(F)(F)F)C(=O)N3C2)n1. The zero-order valence-corrected chi connectivity index (χ0v) is 35.3. The molecule has 3 heterocycles. The molecule has 2 aliphatic carbocycles. The Labute approximate surface area is 346 Å². The van der Waals surface area contributed by atoms with Crippen LogP contribution in [-0.2, 0) is 24.4 Å². The molecule has 7 atom stereocenters. The predicted octanol–water partition coefficient (Wildman–Crippen LogP) is 6.21. The Morgan fingerprint density at radius 2 is 1.81 bits per heavy atom. The second-order valence-electron chi connectivity index (χ2n) is 17.2. The third-order valence-electron chi connectivity index (χ3n) is 11.8. The quantitative estimate of drug-likeness (QED) is 0.245. The van der Waals surface area contributed by atoms with Gasteiger partial charge in [-0.2, -0.15) is 18.2 Å². The number of pyridine rings is 1. The number of allylic oxidation sites excluding steroid dienone is 1. The molecule has 0 spiro atoms. The number of nitrogens with one attached hydrogen (secondary N) is 2. The van der Waals surface area contributed by atoms with Crippen LogP contribution in [0.4, 0.5) is 18.0 Å². The van der Waals surface area contributed by atoms with Gasteiger partial charge in [0.15, 0.2) is 0 Å². The van der Waals surface area contributed by atoms with E-state index in [1.54, 1.807) is 50.3 Å². The molecule has 324 valence electrons. The molecule has 2 saturated carbocycles. The molecule has 6 rings (SSSR count). The number of carbonyl (C=O) groups excluding carboxylic acids is 3. The molecule has 1 aromatic carbocycles. The van der Waals surface area contributed by atoms with Crippen LogP contribution in [0.2, 0.25) is 5.02 Å². The number of sulfonamides is 1. The Balaban J connectivity index is 1.44. The van der Waals surface area contributed by atoms with Crippen molar-refractivity contribution in [1.29, 1.82) is 0 Å². The van der Waals surface area contributed by atoms with E-state index in [1.165, 1.54) is 6.92 Å². The van der Waals surface area contributed by atoms with Crippen LogP contribution in [-0.4, -0.2) is 105 Å². The number of carbonyl (C=O) groups is 4. The van der Waals surface area contributed by atoms with Gasteiger partial charge in [-0.15, -0.1) is 0 Å². The lowest BCUT2D eigenvalue weighted by Crippen LogP contribution is -2.66. The molecule has 14 nitrogen and oxygen atoms in total. The van der Waals surface area contributed by atoms with E-state index in [9.17, 15) is 41.1 Å². The maximum Gasteiger partial charge on any atom is 0.411 e. The highest BCUT2D eigenvalue weighted by molar-refractivity contribution is 7.91. The van der Waals surface area contributed by atoms with Crippen molar-refractivity contribution in [2.45, 2.75) is 133 Å². The molecule has 4 amide bonds. The molecule has 1 aromatic heterocycles. The van der Waals surface area contributed by atoms with Crippen LogP contribution >= 0.6 is 11.6 Å². The van der Waals surface area contributed by atoms with Crippen LogP contribution in [0, 0.1) is 17.8 Å². The third-order valence-corrected chi connectivity index (χ3v) is 13.9. The van der Waals surface area contributed by atoms with Gasteiger partial charge in [0.25, 0.3) is 5.91 Å². The van der Waals surface area contributed by atoms with Crippen LogP contribution in [0.15, 0.2) is 36.4 Å². The summed E-state index contributed by atoms with van der Waals surface area (Å²) < 4.78 is 84.4. The van der Waals surface area contributed by atoms with E-state index < -0.39 is 92.9 Å². The lowest BCUT2D eigenvalue weighted by atomic mass is 9.85. The minimum Gasteiger partial charge on any atom is -0.475 e. The van der Waals surface area contributed by atoms with E-state index in [0.29, 0.717) is 55.3 Å². The smallest absolute Gasteiger partial charge is 0.411 e. The maximum absolute atomic E-state index is 15.0. The van der Waals surface area contributed by atoms with Gasteiger partial charge in [0.1, 0.15) is 29.3 Å². The number of benzene rings is 1. The minimum atomic E-state index is -5.11. The normalized spacial score (nSPS) is 28.8. The van der Waals surface area contributed by atoms with E-state index in [-0.39, 0.29) is 47.9 Å². The summed E-state index contributed by atoms with van der Waals surface area (Å²) in [6.07, 6.45) is -3.25. The molecule has 4 aliphatic rings. The van der Waals surface area contributed by atoms with Crippen molar-refractivity contribution in [3.63, 3.8) is 0 Å². The number of ether oxygens (including phenoxy) is 2. The lowest BCUT2D eigenvalue weighted by molar-refractivity contribution is -0.222. The number of nitrogens with zero attached hydrogens (tertiary/aromatic N) is 3. The maximum atomic E-state index is 15.0. The third kappa shape index (κ3) is 9.08. The van der Waals surface area contributed by atoms with Crippen molar-refractivity contribution >= 4 is 56.2 Å². The predicted molar refractivity (Wildman–Crippen MR) is 211 cm³/mol. The summed E-state index contributed by atoms with van der Waals surface area (Å²) in [7, 11) is -4.04. The number of carboxylic acid groups (broad SMARTS) is 1. The van der Waals surface area contributed by atoms with Crippen molar-refractivity contribution < 1.29 is 55.3 Å². The van der Waals surface area contributed by atoms with Crippen LogP contribution < -0.4 is 19.5 Å². The Hall–Kier alpha value is -4.32. The fourth-order valence-corrected chi connectivity index (χ4v) is 9.81. The Morgan fingerprint density at radius 3 is 2.44 bits per heavy atom. The Bertz CT molecular complexity index is 2130. The van der Waals surface area contributed by atoms with Gasteiger partial charge < -0.3 is 24.8 Å². The summed E-state index contributed by atoms with van der Waals surface area (Å²) in [5.41, 5.74) is -4.77. The van der Waals surface area contributed by atoms with E-state index in [0.717, 1.165) is 4.90 Å². The molecule has 1 saturated heterocycles. The molecule has 19 heteroatoms. The molecular formula is C40H51ClF3N5O9S. The molecule has 0 radical (unpaired) electrons. The summed E-state index contributed by atoms with van der Waals surface area (Å²) >= 11 is 6.55. The molecule has 3 N–H and O–H groups in total. The second kappa shape index (κ2) is 16.3. The number of hydrogen-bond donors (Lipinski definition) is 3. The van der Waals surface area contributed by atoms with Crippen LogP contribution in [0.25, 0.3) is 10.8 Å². The van der Waals surface area contributed by atoms with Crippen LogP contribution in [0.1, 0.15) is 86.5 Å². The average Bonchev–Trinajstić information content (AvgIpc) is 4.05. The second-order valence-corrected chi connectivity index (χ2v) is 19.5. The largest absolute Gasteiger partial charge is 0.475 e. The highest BCUT2D eigenvalue weighted by Gasteiger charge is 2.63. The van der Waals surface area contributed by atoms with Crippen molar-refractivity contribution in [1.82, 2.24) is 24.8 Å². The lowest BCUT2D eigenvalue weighted by Gasteiger charge is -2.45. The first-order valence-electron chi connectivity index (χ1n) is 19.8. The monoisotopic (exact) mass is 869 g/mol. The summed E-state index contributed by atoms with van der Waals surface area (Å²) in [4.78, 5) is 62.1. The van der Waals surface area contributed by atoms with Gasteiger partial charge in [-0.25, -0.2) is 13.2 Å². The van der Waals surface area contributed by atoms with E-state index in [4.69, 9.17) is 21.1 Å². The summed E-state index contributed by atoms with van der Waals surface area (Å²) in [6.45, 7) is 7.92. The molecule has 2 aromatic rings. The number of amides is 4. The van der Waals surface area contributed by atoms with Gasteiger partial charge in [0, 0.05) is 34.2 Å². The van der Waals surface area contributed by atoms with Crippen molar-refractivity contribution in [2.75, 3.05) is 6.54 Å². The molecule has 0 bridgehead atoms. The van der Waals surface area contributed by atoms with E-state index in [1.807, 2.05) is 6.92 Å². The fraction of sp³-hybridized carbons (Fsp3) is 0.625. The van der Waals surface area contributed by atoms with Crippen molar-refractivity contribution in [2.24, 2.45) is 17.8 Å². The van der Waals surface area contributed by atoms with Gasteiger partial charge in [-0.1, -0.05) is 43.7 Å². The van der Waals surface area contributed by atoms with Gasteiger partial charge in [0.2, 0.25) is 33.6 Å². The first-order chi connectivity index (χ1) is 27.5. The minimum absolute atomic E-state index is 0.0267. The highest BCUT2D eigenvalue weighted by atomic mass is 35.5. The Morgan fingerprint density at radius 1 is 1.12 bits per heavy atom. The zero-order valence-electron chi connectivity index (χ0n) is 33.7. The van der Waals surface area contributed by atoms with Gasteiger partial charge >= 0.3 is 12.3 Å². The summed E-state index contributed by atoms with van der Waals surface area (Å²) in [6, 6.07) is 3.22. The van der Waals surface area contributed by atoms with Crippen LogP contribution in [0.5, 0.6) is 11.8 Å². The number of fused-ring (bicyclic) bond motifs is 3.